The molecular weight excluding hydrogens is 276 g/mol. The summed E-state index contributed by atoms with van der Waals surface area (Å²) in [5.41, 5.74) is 4.06. The molecular formula is C18H20N2O2. The summed E-state index contributed by atoms with van der Waals surface area (Å²) < 4.78 is 16.3. The van der Waals surface area contributed by atoms with Gasteiger partial charge in [0.25, 0.3) is 0 Å². The molecule has 0 aliphatic carbocycles. The van der Waals surface area contributed by atoms with E-state index in [0.29, 0.717) is 6.42 Å². The Kier molecular flexibility index (Phi) is 3.58. The SMILES string of the molecule is [2H]C1([2H])CC(=C(C2=CCNC=C2)c2ccccc2)CCN1C(=O)O. The van der Waals surface area contributed by atoms with Gasteiger partial charge in [-0.05, 0) is 41.8 Å². The Bertz CT molecular complexity index is 724. The van der Waals surface area contributed by atoms with Crippen molar-refractivity contribution < 1.29 is 12.6 Å². The number of dihydropyridines is 1. The lowest BCUT2D eigenvalue weighted by Gasteiger charge is -2.28. The fourth-order valence-corrected chi connectivity index (χ4v) is 2.80. The maximum Gasteiger partial charge on any atom is 0.407 e. The largest absolute Gasteiger partial charge is 0.465 e. The maximum absolute atomic E-state index is 11.3. The highest BCUT2D eigenvalue weighted by Gasteiger charge is 2.22. The minimum atomic E-state index is -1.89. The number of piperidine rings is 1. The average molecular weight is 298 g/mol. The number of amides is 1. The first kappa shape index (κ1) is 12.1. The molecule has 2 heterocycles. The van der Waals surface area contributed by atoms with Crippen LogP contribution < -0.4 is 5.32 Å². The van der Waals surface area contributed by atoms with Crippen LogP contribution in [0.25, 0.3) is 5.57 Å². The molecule has 3 rings (SSSR count). The maximum atomic E-state index is 11.3. The molecule has 0 bridgehead atoms. The van der Waals surface area contributed by atoms with E-state index < -0.39 is 12.6 Å². The minimum Gasteiger partial charge on any atom is -0.465 e. The van der Waals surface area contributed by atoms with Crippen molar-refractivity contribution >= 4 is 11.7 Å². The minimum absolute atomic E-state index is 0.0855. The molecule has 4 heteroatoms. The highest BCUT2D eigenvalue weighted by molar-refractivity contribution is 5.84. The van der Waals surface area contributed by atoms with E-state index in [1.807, 2.05) is 42.6 Å². The Morgan fingerprint density at radius 2 is 2.09 bits per heavy atom. The average Bonchev–Trinajstić information content (AvgIpc) is 2.56. The van der Waals surface area contributed by atoms with E-state index in [-0.39, 0.29) is 13.0 Å². The van der Waals surface area contributed by atoms with E-state index in [0.717, 1.165) is 33.7 Å². The molecule has 22 heavy (non-hydrogen) atoms. The second kappa shape index (κ2) is 6.52. The number of hydrogen-bond acceptors (Lipinski definition) is 2. The van der Waals surface area contributed by atoms with Gasteiger partial charge in [0.1, 0.15) is 0 Å². The molecule has 2 aliphatic heterocycles. The molecule has 2 aliphatic rings. The van der Waals surface area contributed by atoms with Gasteiger partial charge >= 0.3 is 6.09 Å². The molecule has 0 unspecified atom stereocenters. The number of rotatable bonds is 2. The quantitative estimate of drug-likeness (QED) is 0.881. The lowest BCUT2D eigenvalue weighted by molar-refractivity contribution is 0.142. The topological polar surface area (TPSA) is 52.6 Å². The number of likely N-dealkylation sites (tertiary alicyclic amines) is 1. The number of carbonyl (C=O) groups is 1. The van der Waals surface area contributed by atoms with Gasteiger partial charge in [0.05, 0.1) is 0 Å². The standard InChI is InChI=1S/C18H20N2O2/c21-18(22)20-12-8-16(9-13-20)17(14-4-2-1-3-5-14)15-6-10-19-11-7-15/h1-7,10,19H,8-9,11-13H2,(H,21,22)/i12D2. The first-order valence-electron chi connectivity index (χ1n) is 8.37. The number of nitrogens with zero attached hydrogens (tertiary/aromatic N) is 1. The lowest BCUT2D eigenvalue weighted by Crippen LogP contribution is -2.35. The molecule has 4 nitrogen and oxygen atoms in total. The van der Waals surface area contributed by atoms with Crippen molar-refractivity contribution in [2.24, 2.45) is 0 Å². The van der Waals surface area contributed by atoms with Crippen LogP contribution in [-0.4, -0.2) is 35.7 Å². The number of hydrogen-bond donors (Lipinski definition) is 2. The summed E-state index contributed by atoms with van der Waals surface area (Å²) >= 11 is 0. The van der Waals surface area contributed by atoms with Gasteiger partial charge in [-0.1, -0.05) is 42.0 Å². The Morgan fingerprint density at radius 1 is 1.27 bits per heavy atom. The molecule has 1 fully saturated rings. The zero-order valence-electron chi connectivity index (χ0n) is 14.2. The van der Waals surface area contributed by atoms with Crippen LogP contribution in [0.4, 0.5) is 4.79 Å². The van der Waals surface area contributed by atoms with E-state index in [1.54, 1.807) is 0 Å². The van der Waals surface area contributed by atoms with Crippen LogP contribution >= 0.6 is 0 Å². The number of benzene rings is 1. The van der Waals surface area contributed by atoms with Gasteiger partial charge < -0.3 is 15.3 Å². The fourth-order valence-electron chi connectivity index (χ4n) is 2.80. The van der Waals surface area contributed by atoms with Crippen LogP contribution in [0.5, 0.6) is 0 Å². The Labute approximate surface area is 133 Å². The van der Waals surface area contributed by atoms with Gasteiger partial charge in [0, 0.05) is 22.3 Å². The smallest absolute Gasteiger partial charge is 0.407 e. The van der Waals surface area contributed by atoms with Gasteiger partial charge in [0.2, 0.25) is 0 Å². The molecule has 114 valence electrons. The van der Waals surface area contributed by atoms with Crippen LogP contribution in [0, 0.1) is 0 Å². The van der Waals surface area contributed by atoms with E-state index in [1.165, 1.54) is 0 Å². The zero-order valence-corrected chi connectivity index (χ0v) is 12.2. The molecule has 0 spiro atoms. The summed E-state index contributed by atoms with van der Waals surface area (Å²) in [6, 6.07) is 9.89. The van der Waals surface area contributed by atoms with Crippen molar-refractivity contribution in [2.75, 3.05) is 19.6 Å². The van der Waals surface area contributed by atoms with Crippen LogP contribution in [0.2, 0.25) is 0 Å². The zero-order chi connectivity index (χ0) is 17.2. The number of nitrogens with one attached hydrogen (secondary N) is 1. The number of allylic oxidation sites excluding steroid dienone is 3. The molecule has 0 radical (unpaired) electrons. The van der Waals surface area contributed by atoms with E-state index >= 15 is 0 Å². The second-order valence-electron chi connectivity index (χ2n) is 5.26. The van der Waals surface area contributed by atoms with Crippen LogP contribution in [-0.2, 0) is 0 Å². The van der Waals surface area contributed by atoms with Gasteiger partial charge in [-0.3, -0.25) is 0 Å². The molecule has 2 N–H and O–H groups in total. The van der Waals surface area contributed by atoms with Crippen LogP contribution in [0.3, 0.4) is 0 Å². The third kappa shape index (κ3) is 3.06. The summed E-state index contributed by atoms with van der Waals surface area (Å²) in [7, 11) is 0. The molecule has 0 saturated carbocycles. The second-order valence-corrected chi connectivity index (χ2v) is 5.26. The highest BCUT2D eigenvalue weighted by atomic mass is 16.4. The molecule has 0 atom stereocenters. The Hall–Kier alpha value is -2.49. The predicted molar refractivity (Wildman–Crippen MR) is 87.4 cm³/mol. The van der Waals surface area contributed by atoms with E-state index in [2.05, 4.69) is 11.4 Å². The van der Waals surface area contributed by atoms with Crippen molar-refractivity contribution in [3.63, 3.8) is 0 Å². The third-order valence-electron chi connectivity index (χ3n) is 3.88. The highest BCUT2D eigenvalue weighted by Crippen LogP contribution is 2.33. The fraction of sp³-hybridized carbons (Fsp3) is 0.278. The Morgan fingerprint density at radius 3 is 2.73 bits per heavy atom. The normalized spacial score (nSPS) is 23.8. The van der Waals surface area contributed by atoms with Crippen molar-refractivity contribution in [3.8, 4) is 0 Å². The van der Waals surface area contributed by atoms with Gasteiger partial charge in [-0.2, -0.15) is 0 Å². The van der Waals surface area contributed by atoms with Crippen molar-refractivity contribution in [1.82, 2.24) is 10.2 Å². The van der Waals surface area contributed by atoms with Gasteiger partial charge in [-0.15, -0.1) is 0 Å². The lowest BCUT2D eigenvalue weighted by atomic mass is 9.87. The summed E-state index contributed by atoms with van der Waals surface area (Å²) in [6.45, 7) is -0.997. The van der Waals surface area contributed by atoms with Gasteiger partial charge in [0.15, 0.2) is 0 Å². The summed E-state index contributed by atoms with van der Waals surface area (Å²) in [4.78, 5) is 12.2. The van der Waals surface area contributed by atoms with Crippen molar-refractivity contribution in [3.05, 3.63) is 65.4 Å². The molecule has 1 aromatic carbocycles. The summed E-state index contributed by atoms with van der Waals surface area (Å²) in [5, 5.41) is 12.3. The third-order valence-corrected chi connectivity index (χ3v) is 3.88. The molecule has 0 aromatic heterocycles. The van der Waals surface area contributed by atoms with Crippen molar-refractivity contribution in [1.29, 1.82) is 0 Å². The Balaban J connectivity index is 2.05. The van der Waals surface area contributed by atoms with Crippen LogP contribution in [0.1, 0.15) is 21.1 Å². The first-order chi connectivity index (χ1) is 11.5. The summed E-state index contributed by atoms with van der Waals surface area (Å²) in [6.07, 6.45) is 5.37. The van der Waals surface area contributed by atoms with Crippen LogP contribution in [0.15, 0.2) is 59.8 Å². The first-order valence-corrected chi connectivity index (χ1v) is 7.37. The predicted octanol–water partition coefficient (Wildman–Crippen LogP) is 3.26. The molecule has 1 saturated heterocycles. The van der Waals surface area contributed by atoms with Crippen molar-refractivity contribution in [2.45, 2.75) is 12.8 Å². The van der Waals surface area contributed by atoms with E-state index in [4.69, 9.17) is 2.74 Å². The monoisotopic (exact) mass is 298 g/mol. The molecule has 1 amide bonds. The van der Waals surface area contributed by atoms with Gasteiger partial charge in [-0.25, -0.2) is 4.79 Å². The van der Waals surface area contributed by atoms with E-state index in [9.17, 15) is 9.90 Å². The molecule has 1 aromatic rings. The number of carboxylic acid groups (broad SMARTS) is 1. The summed E-state index contributed by atoms with van der Waals surface area (Å²) in [5.74, 6) is 0.